The largest absolute Gasteiger partial charge is 0.433 e. The maximum absolute atomic E-state index is 12.7. The quantitative estimate of drug-likeness (QED) is 0.784. The summed E-state index contributed by atoms with van der Waals surface area (Å²) in [5, 5.41) is 0. The van der Waals surface area contributed by atoms with Crippen LogP contribution in [0.4, 0.5) is 13.2 Å². The minimum atomic E-state index is -4.42. The van der Waals surface area contributed by atoms with Crippen molar-refractivity contribution < 1.29 is 13.2 Å². The van der Waals surface area contributed by atoms with Gasteiger partial charge in [-0.15, -0.1) is 0 Å². The van der Waals surface area contributed by atoms with E-state index in [1.807, 2.05) is 0 Å². The fourth-order valence-corrected chi connectivity index (χ4v) is 1.85. The van der Waals surface area contributed by atoms with Crippen LogP contribution in [0, 0.1) is 0 Å². The third-order valence-electron chi connectivity index (χ3n) is 2.02. The van der Waals surface area contributed by atoms with Gasteiger partial charge in [0.2, 0.25) is 0 Å². The van der Waals surface area contributed by atoms with Gasteiger partial charge in [0.05, 0.1) is 6.20 Å². The molecule has 0 fully saturated rings. The number of hydrogen-bond acceptors (Lipinski definition) is 1. The summed E-state index contributed by atoms with van der Waals surface area (Å²) < 4.78 is 39.1. The summed E-state index contributed by atoms with van der Waals surface area (Å²) in [6.07, 6.45) is -3.62. The van der Waals surface area contributed by atoms with Crippen molar-refractivity contribution in [3.8, 4) is 5.69 Å². The van der Waals surface area contributed by atoms with Crippen molar-refractivity contribution in [1.82, 2.24) is 9.55 Å². The standard InChI is InChI=1S/C10H6BrF3N2/c11-9-15-6-8(10(12,13)14)16(9)7-4-2-1-3-5-7/h1-6H. The number of halogens is 4. The van der Waals surface area contributed by atoms with Crippen molar-refractivity contribution >= 4 is 15.9 Å². The highest BCUT2D eigenvalue weighted by Gasteiger charge is 2.36. The zero-order valence-electron chi connectivity index (χ0n) is 7.87. The highest BCUT2D eigenvalue weighted by atomic mass is 79.9. The molecule has 0 aliphatic heterocycles. The summed E-state index contributed by atoms with van der Waals surface area (Å²) in [5.74, 6) is 0. The molecule has 0 atom stereocenters. The van der Waals surface area contributed by atoms with E-state index in [0.717, 1.165) is 10.8 Å². The van der Waals surface area contributed by atoms with Crippen LogP contribution in [0.1, 0.15) is 5.69 Å². The van der Waals surface area contributed by atoms with Crippen molar-refractivity contribution in [1.29, 1.82) is 0 Å². The molecule has 1 heterocycles. The van der Waals surface area contributed by atoms with Crippen molar-refractivity contribution in [2.45, 2.75) is 6.18 Å². The molecule has 0 radical (unpaired) electrons. The molecule has 16 heavy (non-hydrogen) atoms. The summed E-state index contributed by atoms with van der Waals surface area (Å²) in [5.41, 5.74) is -0.384. The number of para-hydroxylation sites is 1. The molecule has 1 aromatic heterocycles. The Morgan fingerprint density at radius 3 is 2.31 bits per heavy atom. The van der Waals surface area contributed by atoms with Gasteiger partial charge in [-0.05, 0) is 28.1 Å². The Labute approximate surface area is 97.9 Å². The van der Waals surface area contributed by atoms with E-state index in [0.29, 0.717) is 5.69 Å². The van der Waals surface area contributed by atoms with Crippen LogP contribution >= 0.6 is 15.9 Å². The highest BCUT2D eigenvalue weighted by Crippen LogP contribution is 2.33. The van der Waals surface area contributed by atoms with Gasteiger partial charge in [0.15, 0.2) is 4.73 Å². The van der Waals surface area contributed by atoms with Gasteiger partial charge in [-0.1, -0.05) is 18.2 Å². The average molecular weight is 291 g/mol. The van der Waals surface area contributed by atoms with E-state index >= 15 is 0 Å². The van der Waals surface area contributed by atoms with Gasteiger partial charge in [-0.25, -0.2) is 4.98 Å². The lowest BCUT2D eigenvalue weighted by Gasteiger charge is -2.11. The third-order valence-corrected chi connectivity index (χ3v) is 2.58. The van der Waals surface area contributed by atoms with Gasteiger partial charge >= 0.3 is 6.18 Å². The first-order valence-corrected chi connectivity index (χ1v) is 5.15. The smallest absolute Gasteiger partial charge is 0.283 e. The Balaban J connectivity index is 2.61. The van der Waals surface area contributed by atoms with Crippen LogP contribution in [0.25, 0.3) is 5.69 Å². The normalized spacial score (nSPS) is 11.8. The van der Waals surface area contributed by atoms with Crippen LogP contribution < -0.4 is 0 Å². The number of nitrogens with zero attached hydrogens (tertiary/aromatic N) is 2. The second-order valence-electron chi connectivity index (χ2n) is 3.08. The van der Waals surface area contributed by atoms with E-state index in [1.54, 1.807) is 30.3 Å². The Morgan fingerprint density at radius 1 is 1.12 bits per heavy atom. The van der Waals surface area contributed by atoms with Crippen LogP contribution in [0.5, 0.6) is 0 Å². The summed E-state index contributed by atoms with van der Waals surface area (Å²) in [7, 11) is 0. The van der Waals surface area contributed by atoms with E-state index < -0.39 is 11.9 Å². The van der Waals surface area contributed by atoms with Gasteiger partial charge in [0.25, 0.3) is 0 Å². The van der Waals surface area contributed by atoms with Crippen LogP contribution in [-0.2, 0) is 6.18 Å². The molecule has 6 heteroatoms. The minimum absolute atomic E-state index is 0.131. The molecule has 2 aromatic rings. The average Bonchev–Trinajstić information content (AvgIpc) is 2.61. The molecule has 0 saturated heterocycles. The molecule has 2 rings (SSSR count). The second-order valence-corrected chi connectivity index (χ2v) is 3.79. The van der Waals surface area contributed by atoms with Crippen molar-refractivity contribution in [2.75, 3.05) is 0 Å². The van der Waals surface area contributed by atoms with Crippen LogP contribution in [0.15, 0.2) is 41.3 Å². The van der Waals surface area contributed by atoms with Crippen molar-refractivity contribution in [3.05, 3.63) is 47.0 Å². The number of hydrogen-bond donors (Lipinski definition) is 0. The minimum Gasteiger partial charge on any atom is -0.283 e. The zero-order valence-corrected chi connectivity index (χ0v) is 9.46. The fourth-order valence-electron chi connectivity index (χ4n) is 1.35. The Morgan fingerprint density at radius 2 is 1.75 bits per heavy atom. The van der Waals surface area contributed by atoms with E-state index in [-0.39, 0.29) is 4.73 Å². The Bertz CT molecular complexity index is 491. The lowest BCUT2D eigenvalue weighted by Crippen LogP contribution is -2.12. The molecule has 0 N–H and O–H groups in total. The zero-order chi connectivity index (χ0) is 11.8. The SMILES string of the molecule is FC(F)(F)c1cnc(Br)n1-c1ccccc1. The summed E-state index contributed by atoms with van der Waals surface area (Å²) in [4.78, 5) is 3.62. The van der Waals surface area contributed by atoms with Crippen LogP contribution in [-0.4, -0.2) is 9.55 Å². The predicted molar refractivity (Wildman–Crippen MR) is 56.3 cm³/mol. The molecular weight excluding hydrogens is 285 g/mol. The molecule has 0 aliphatic carbocycles. The number of alkyl halides is 3. The first-order valence-electron chi connectivity index (χ1n) is 4.36. The summed E-state index contributed by atoms with van der Waals surface area (Å²) >= 11 is 3.00. The molecule has 0 aliphatic rings. The maximum Gasteiger partial charge on any atom is 0.433 e. The molecular formula is C10H6BrF3N2. The van der Waals surface area contributed by atoms with Crippen LogP contribution in [0.3, 0.4) is 0 Å². The molecule has 2 nitrogen and oxygen atoms in total. The van der Waals surface area contributed by atoms with Gasteiger partial charge in [-0.2, -0.15) is 13.2 Å². The molecule has 0 spiro atoms. The fraction of sp³-hybridized carbons (Fsp3) is 0.100. The van der Waals surface area contributed by atoms with Crippen molar-refractivity contribution in [2.24, 2.45) is 0 Å². The van der Waals surface area contributed by atoms with E-state index in [2.05, 4.69) is 20.9 Å². The van der Waals surface area contributed by atoms with Gasteiger partial charge in [0.1, 0.15) is 5.69 Å². The second kappa shape index (κ2) is 3.93. The number of rotatable bonds is 1. The first-order chi connectivity index (χ1) is 7.50. The Hall–Kier alpha value is -1.30. The Kier molecular flexibility index (Phi) is 2.75. The number of aromatic nitrogens is 2. The molecule has 0 saturated carbocycles. The topological polar surface area (TPSA) is 17.8 Å². The molecule has 84 valence electrons. The monoisotopic (exact) mass is 290 g/mol. The molecule has 1 aromatic carbocycles. The van der Waals surface area contributed by atoms with Gasteiger partial charge in [-0.3, -0.25) is 4.57 Å². The van der Waals surface area contributed by atoms with Crippen LogP contribution in [0.2, 0.25) is 0 Å². The lowest BCUT2D eigenvalue weighted by atomic mass is 10.3. The predicted octanol–water partition coefficient (Wildman–Crippen LogP) is 3.65. The molecule has 0 bridgehead atoms. The molecule has 0 unspecified atom stereocenters. The van der Waals surface area contributed by atoms with Gasteiger partial charge in [0, 0.05) is 5.69 Å². The summed E-state index contributed by atoms with van der Waals surface area (Å²) in [6.45, 7) is 0. The molecule has 0 amide bonds. The summed E-state index contributed by atoms with van der Waals surface area (Å²) in [6, 6.07) is 8.24. The first kappa shape index (κ1) is 11.2. The third kappa shape index (κ3) is 1.97. The maximum atomic E-state index is 12.7. The van der Waals surface area contributed by atoms with Gasteiger partial charge < -0.3 is 0 Å². The number of imidazole rings is 1. The van der Waals surface area contributed by atoms with E-state index in [9.17, 15) is 13.2 Å². The highest BCUT2D eigenvalue weighted by molar-refractivity contribution is 9.10. The van der Waals surface area contributed by atoms with E-state index in [1.165, 1.54) is 0 Å². The lowest BCUT2D eigenvalue weighted by molar-refractivity contribution is -0.142. The number of benzene rings is 1. The van der Waals surface area contributed by atoms with Crippen molar-refractivity contribution in [3.63, 3.8) is 0 Å². The van der Waals surface area contributed by atoms with E-state index in [4.69, 9.17) is 0 Å².